The highest BCUT2D eigenvalue weighted by Crippen LogP contribution is 2.28. The molecular weight excluding hydrogens is 170 g/mol. The number of hydrogen-bond acceptors (Lipinski definition) is 3. The summed E-state index contributed by atoms with van der Waals surface area (Å²) in [6, 6.07) is 4.05. The first-order valence-corrected chi connectivity index (χ1v) is 4.69. The molecule has 1 heterocycles. The van der Waals surface area contributed by atoms with Crippen molar-refractivity contribution in [2.45, 2.75) is 12.8 Å². The third-order valence-corrected chi connectivity index (χ3v) is 3.16. The van der Waals surface area contributed by atoms with E-state index in [1.165, 1.54) is 5.00 Å². The average Bonchev–Trinajstić information content (AvgIpc) is 2.51. The van der Waals surface area contributed by atoms with Gasteiger partial charge >= 0.3 is 0 Å². The lowest BCUT2D eigenvalue weighted by Gasteiger charge is -2.07. The van der Waals surface area contributed by atoms with Gasteiger partial charge in [-0.25, -0.2) is 0 Å². The van der Waals surface area contributed by atoms with Crippen molar-refractivity contribution in [2.24, 2.45) is 0 Å². The van der Waals surface area contributed by atoms with Crippen molar-refractivity contribution < 1.29 is 4.79 Å². The number of hydrogen-bond donors (Lipinski definition) is 0. The molecule has 0 spiro atoms. The van der Waals surface area contributed by atoms with Crippen LogP contribution >= 0.6 is 11.3 Å². The van der Waals surface area contributed by atoms with Crippen molar-refractivity contribution in [1.82, 2.24) is 0 Å². The molecule has 0 aliphatic carbocycles. The molecule has 0 bridgehead atoms. The molecule has 1 aromatic heterocycles. The summed E-state index contributed by atoms with van der Waals surface area (Å²) in [6.45, 7) is 1.91. The second-order valence-corrected chi connectivity index (χ2v) is 4.09. The normalized spacial score (nSPS) is 12.6. The van der Waals surface area contributed by atoms with Gasteiger partial charge in [-0.15, -0.1) is 11.3 Å². The van der Waals surface area contributed by atoms with E-state index in [2.05, 4.69) is 0 Å². The number of anilines is 1. The standard InChI is InChI=1S/C9H13NOS/c1-7(6-11)8-4-5-9(12-8)10(2)3/h4-7H,1-3H3. The Bertz CT molecular complexity index is 267. The summed E-state index contributed by atoms with van der Waals surface area (Å²) in [4.78, 5) is 13.7. The van der Waals surface area contributed by atoms with Gasteiger partial charge < -0.3 is 9.69 Å². The van der Waals surface area contributed by atoms with E-state index >= 15 is 0 Å². The summed E-state index contributed by atoms with van der Waals surface area (Å²) in [5.74, 6) is 0.0312. The number of rotatable bonds is 3. The van der Waals surface area contributed by atoms with Crippen LogP contribution in [0.2, 0.25) is 0 Å². The van der Waals surface area contributed by atoms with E-state index < -0.39 is 0 Å². The van der Waals surface area contributed by atoms with Gasteiger partial charge in [0, 0.05) is 24.9 Å². The Balaban J connectivity index is 2.83. The Hall–Kier alpha value is -0.830. The van der Waals surface area contributed by atoms with Crippen LogP contribution in [0.25, 0.3) is 0 Å². The SMILES string of the molecule is CC(C=O)c1ccc(N(C)C)s1. The van der Waals surface area contributed by atoms with Crippen LogP contribution in [0.3, 0.4) is 0 Å². The second kappa shape index (κ2) is 3.72. The molecule has 0 saturated heterocycles. The van der Waals surface area contributed by atoms with Gasteiger partial charge in [0.2, 0.25) is 0 Å². The monoisotopic (exact) mass is 183 g/mol. The van der Waals surface area contributed by atoms with E-state index in [-0.39, 0.29) is 5.92 Å². The minimum atomic E-state index is 0.0312. The highest BCUT2D eigenvalue weighted by molar-refractivity contribution is 7.16. The van der Waals surface area contributed by atoms with Gasteiger partial charge in [0.15, 0.2) is 0 Å². The van der Waals surface area contributed by atoms with E-state index in [1.54, 1.807) is 11.3 Å². The summed E-state index contributed by atoms with van der Waals surface area (Å²) in [7, 11) is 4.00. The largest absolute Gasteiger partial charge is 0.370 e. The minimum Gasteiger partial charge on any atom is -0.370 e. The minimum absolute atomic E-state index is 0.0312. The van der Waals surface area contributed by atoms with Gasteiger partial charge in [0.05, 0.1) is 5.00 Å². The molecule has 12 heavy (non-hydrogen) atoms. The molecular formula is C9H13NOS. The summed E-state index contributed by atoms with van der Waals surface area (Å²) >= 11 is 1.67. The molecule has 1 atom stereocenters. The first-order chi connectivity index (χ1) is 5.65. The third-order valence-electron chi connectivity index (χ3n) is 1.71. The first kappa shape index (κ1) is 9.26. The van der Waals surface area contributed by atoms with Crippen LogP contribution in [0.4, 0.5) is 5.00 Å². The molecule has 1 aromatic rings. The zero-order chi connectivity index (χ0) is 9.14. The van der Waals surface area contributed by atoms with Crippen LogP contribution in [-0.4, -0.2) is 20.4 Å². The predicted octanol–water partition coefficient (Wildman–Crippen LogP) is 2.12. The number of aldehydes is 1. The Labute approximate surface area is 76.8 Å². The van der Waals surface area contributed by atoms with Crippen LogP contribution < -0.4 is 4.90 Å². The molecule has 0 aromatic carbocycles. The fourth-order valence-corrected chi connectivity index (χ4v) is 1.83. The Morgan fingerprint density at radius 2 is 2.17 bits per heavy atom. The number of nitrogens with zero attached hydrogens (tertiary/aromatic N) is 1. The summed E-state index contributed by atoms with van der Waals surface area (Å²) < 4.78 is 0. The Kier molecular flexibility index (Phi) is 2.87. The van der Waals surface area contributed by atoms with Crippen LogP contribution in [0.1, 0.15) is 17.7 Å². The summed E-state index contributed by atoms with van der Waals surface area (Å²) in [5, 5.41) is 1.19. The molecule has 0 fully saturated rings. The molecule has 0 N–H and O–H groups in total. The van der Waals surface area contributed by atoms with Crippen molar-refractivity contribution >= 4 is 22.6 Å². The lowest BCUT2D eigenvalue weighted by molar-refractivity contribution is -0.108. The molecule has 0 amide bonds. The van der Waals surface area contributed by atoms with Crippen LogP contribution in [0, 0.1) is 0 Å². The van der Waals surface area contributed by atoms with Crippen LogP contribution in [0.15, 0.2) is 12.1 Å². The van der Waals surface area contributed by atoms with Crippen LogP contribution in [0.5, 0.6) is 0 Å². The quantitative estimate of drug-likeness (QED) is 0.669. The van der Waals surface area contributed by atoms with Gasteiger partial charge in [-0.2, -0.15) is 0 Å². The smallest absolute Gasteiger partial charge is 0.127 e. The van der Waals surface area contributed by atoms with Crippen molar-refractivity contribution in [3.8, 4) is 0 Å². The highest BCUT2D eigenvalue weighted by Gasteiger charge is 2.07. The van der Waals surface area contributed by atoms with E-state index in [0.717, 1.165) is 11.2 Å². The van der Waals surface area contributed by atoms with Gasteiger partial charge in [-0.3, -0.25) is 0 Å². The van der Waals surface area contributed by atoms with Gasteiger partial charge in [-0.05, 0) is 12.1 Å². The molecule has 2 nitrogen and oxygen atoms in total. The highest BCUT2D eigenvalue weighted by atomic mass is 32.1. The maximum atomic E-state index is 10.5. The number of thiophene rings is 1. The average molecular weight is 183 g/mol. The summed E-state index contributed by atoms with van der Waals surface area (Å²) in [6.07, 6.45) is 0.977. The fourth-order valence-electron chi connectivity index (χ4n) is 0.894. The zero-order valence-electron chi connectivity index (χ0n) is 7.57. The molecule has 0 radical (unpaired) electrons. The first-order valence-electron chi connectivity index (χ1n) is 3.87. The van der Waals surface area contributed by atoms with E-state index in [4.69, 9.17) is 0 Å². The lowest BCUT2D eigenvalue weighted by Crippen LogP contribution is -2.05. The van der Waals surface area contributed by atoms with Crippen molar-refractivity contribution in [3.63, 3.8) is 0 Å². The second-order valence-electron chi connectivity index (χ2n) is 3.00. The van der Waals surface area contributed by atoms with Gasteiger partial charge in [-0.1, -0.05) is 6.92 Å². The molecule has 0 aliphatic rings. The van der Waals surface area contributed by atoms with Crippen molar-refractivity contribution in [1.29, 1.82) is 0 Å². The van der Waals surface area contributed by atoms with E-state index in [9.17, 15) is 4.79 Å². The number of carbonyl (C=O) groups is 1. The Morgan fingerprint density at radius 1 is 1.50 bits per heavy atom. The number of carbonyl (C=O) groups excluding carboxylic acids is 1. The molecule has 0 aliphatic heterocycles. The lowest BCUT2D eigenvalue weighted by atomic mass is 10.2. The van der Waals surface area contributed by atoms with Crippen molar-refractivity contribution in [2.75, 3.05) is 19.0 Å². The van der Waals surface area contributed by atoms with Crippen LogP contribution in [-0.2, 0) is 4.79 Å². The maximum Gasteiger partial charge on any atom is 0.127 e. The van der Waals surface area contributed by atoms with E-state index in [0.29, 0.717) is 0 Å². The zero-order valence-corrected chi connectivity index (χ0v) is 8.39. The predicted molar refractivity (Wildman–Crippen MR) is 53.1 cm³/mol. The molecule has 1 unspecified atom stereocenters. The Morgan fingerprint density at radius 3 is 2.58 bits per heavy atom. The maximum absolute atomic E-state index is 10.5. The fraction of sp³-hybridized carbons (Fsp3) is 0.444. The topological polar surface area (TPSA) is 20.3 Å². The van der Waals surface area contributed by atoms with E-state index in [1.807, 2.05) is 38.1 Å². The third kappa shape index (κ3) is 1.85. The van der Waals surface area contributed by atoms with Crippen molar-refractivity contribution in [3.05, 3.63) is 17.0 Å². The molecule has 0 saturated carbocycles. The molecule has 3 heteroatoms. The molecule has 66 valence electrons. The summed E-state index contributed by atoms with van der Waals surface area (Å²) in [5.41, 5.74) is 0. The van der Waals surface area contributed by atoms with Gasteiger partial charge in [0.1, 0.15) is 6.29 Å². The van der Waals surface area contributed by atoms with Gasteiger partial charge in [0.25, 0.3) is 0 Å². The molecule has 1 rings (SSSR count).